The number of halogens is 2. The maximum absolute atomic E-state index is 14.3. The van der Waals surface area contributed by atoms with Gasteiger partial charge in [-0.2, -0.15) is 10.2 Å². The number of aromatic nitrogens is 4. The number of fused-ring (bicyclic) bond motifs is 2. The third kappa shape index (κ3) is 4.88. The predicted octanol–water partition coefficient (Wildman–Crippen LogP) is 4.35. The minimum absolute atomic E-state index is 0.0114. The van der Waals surface area contributed by atoms with Gasteiger partial charge in [-0.25, -0.2) is 13.6 Å². The fourth-order valence-electron chi connectivity index (χ4n) is 6.39. The van der Waals surface area contributed by atoms with E-state index in [1.807, 2.05) is 6.07 Å². The lowest BCUT2D eigenvalue weighted by atomic mass is 9.93. The van der Waals surface area contributed by atoms with E-state index in [0.29, 0.717) is 43.8 Å². The largest absolute Gasteiger partial charge is 0.378 e. The summed E-state index contributed by atoms with van der Waals surface area (Å²) in [6, 6.07) is 3.36. The molecule has 6 rings (SSSR count). The molecule has 11 heteroatoms. The average Bonchev–Trinajstić information content (AvgIpc) is 3.51. The second kappa shape index (κ2) is 10.3. The van der Waals surface area contributed by atoms with Crippen molar-refractivity contribution in [3.8, 4) is 11.1 Å². The zero-order valence-electron chi connectivity index (χ0n) is 22.4. The van der Waals surface area contributed by atoms with Gasteiger partial charge in [-0.05, 0) is 55.9 Å². The van der Waals surface area contributed by atoms with Gasteiger partial charge in [0.15, 0.2) is 0 Å². The van der Waals surface area contributed by atoms with Gasteiger partial charge in [0.1, 0.15) is 0 Å². The Balaban J connectivity index is 1.37. The van der Waals surface area contributed by atoms with Gasteiger partial charge in [0, 0.05) is 67.4 Å². The van der Waals surface area contributed by atoms with E-state index in [1.165, 1.54) is 0 Å². The summed E-state index contributed by atoms with van der Waals surface area (Å²) in [5.41, 5.74) is 11.8. The van der Waals surface area contributed by atoms with Crippen molar-refractivity contribution in [2.45, 2.75) is 70.7 Å². The first-order valence-corrected chi connectivity index (χ1v) is 13.7. The molecule has 0 radical (unpaired) electrons. The Morgan fingerprint density at radius 1 is 1.26 bits per heavy atom. The number of hydrogen-bond donors (Lipinski definition) is 1. The van der Waals surface area contributed by atoms with E-state index >= 15 is 0 Å². The van der Waals surface area contributed by atoms with Crippen LogP contribution in [0.15, 0.2) is 24.5 Å². The molecule has 2 atom stereocenters. The van der Waals surface area contributed by atoms with Gasteiger partial charge in [-0.3, -0.25) is 9.36 Å². The average molecular weight is 540 g/mol. The Bertz CT molecular complexity index is 1380. The lowest BCUT2D eigenvalue weighted by Crippen LogP contribution is -2.40. The maximum atomic E-state index is 14.3. The number of urea groups is 1. The first kappa shape index (κ1) is 25.8. The Labute approximate surface area is 226 Å². The minimum Gasteiger partial charge on any atom is -0.378 e. The summed E-state index contributed by atoms with van der Waals surface area (Å²) >= 11 is 0. The van der Waals surface area contributed by atoms with Crippen LogP contribution in [0.3, 0.4) is 0 Å². The second-order valence-corrected chi connectivity index (χ2v) is 11.0. The number of amides is 2. The summed E-state index contributed by atoms with van der Waals surface area (Å²) in [6.07, 6.45) is 5.16. The number of hydrogen-bond acceptors (Lipinski definition) is 5. The Kier molecular flexibility index (Phi) is 6.78. The summed E-state index contributed by atoms with van der Waals surface area (Å²) in [5.74, 6) is 0. The predicted molar refractivity (Wildman–Crippen MR) is 143 cm³/mol. The number of rotatable bonds is 5. The van der Waals surface area contributed by atoms with Crippen LogP contribution in [0.2, 0.25) is 0 Å². The summed E-state index contributed by atoms with van der Waals surface area (Å²) < 4.78 is 38.2. The molecule has 0 unspecified atom stereocenters. The molecule has 1 aromatic carbocycles. The van der Waals surface area contributed by atoms with Crippen LogP contribution in [0.1, 0.15) is 66.7 Å². The molecule has 39 heavy (non-hydrogen) atoms. The van der Waals surface area contributed by atoms with Crippen LogP contribution in [0.25, 0.3) is 11.1 Å². The number of alkyl halides is 2. The molecule has 5 heterocycles. The molecule has 9 nitrogen and oxygen atoms in total. The molecule has 208 valence electrons. The van der Waals surface area contributed by atoms with Crippen molar-refractivity contribution in [1.29, 1.82) is 0 Å². The van der Waals surface area contributed by atoms with Crippen LogP contribution in [0.4, 0.5) is 19.3 Å². The number of benzene rings is 1. The number of carbonyl (C=O) groups is 1. The summed E-state index contributed by atoms with van der Waals surface area (Å²) in [4.78, 5) is 15.9. The van der Waals surface area contributed by atoms with Gasteiger partial charge in [0.25, 0.3) is 6.43 Å². The van der Waals surface area contributed by atoms with Gasteiger partial charge >= 0.3 is 6.03 Å². The van der Waals surface area contributed by atoms with Crippen molar-refractivity contribution < 1.29 is 18.3 Å². The van der Waals surface area contributed by atoms with Crippen molar-refractivity contribution >= 4 is 11.7 Å². The minimum atomic E-state index is -2.61. The maximum Gasteiger partial charge on any atom is 0.315 e. The summed E-state index contributed by atoms with van der Waals surface area (Å²) in [5, 5.41) is 9.30. The molecular weight excluding hydrogens is 504 g/mol. The Morgan fingerprint density at radius 2 is 2.10 bits per heavy atom. The van der Waals surface area contributed by atoms with E-state index in [1.54, 1.807) is 35.1 Å². The highest BCUT2D eigenvalue weighted by Crippen LogP contribution is 2.40. The molecule has 1 fully saturated rings. The smallest absolute Gasteiger partial charge is 0.315 e. The van der Waals surface area contributed by atoms with Crippen molar-refractivity contribution in [1.82, 2.24) is 24.5 Å². The first-order chi connectivity index (χ1) is 18.8. The van der Waals surface area contributed by atoms with Gasteiger partial charge < -0.3 is 20.3 Å². The molecule has 2 amide bonds. The van der Waals surface area contributed by atoms with Crippen molar-refractivity contribution in [3.63, 3.8) is 0 Å². The van der Waals surface area contributed by atoms with Crippen LogP contribution in [-0.4, -0.2) is 56.3 Å². The molecule has 0 saturated carbocycles. The molecule has 3 aliphatic heterocycles. The van der Waals surface area contributed by atoms with Crippen molar-refractivity contribution in [2.75, 3.05) is 24.6 Å². The topological polar surface area (TPSA) is 94.4 Å². The Morgan fingerprint density at radius 3 is 2.82 bits per heavy atom. The SMILES string of the molecule is C[C@H]1C[C@@H](n2nc(CN3CCCc4cc(-c5cnn(C)c5)c(C(F)F)cc43)c3c2CCN(C(N)=O)C3)CCO1. The summed E-state index contributed by atoms with van der Waals surface area (Å²) in [7, 11) is 1.78. The molecule has 0 bridgehead atoms. The van der Waals surface area contributed by atoms with E-state index in [4.69, 9.17) is 15.6 Å². The highest BCUT2D eigenvalue weighted by atomic mass is 19.3. The zero-order chi connectivity index (χ0) is 27.3. The zero-order valence-corrected chi connectivity index (χ0v) is 22.4. The van der Waals surface area contributed by atoms with Crippen LogP contribution < -0.4 is 10.6 Å². The first-order valence-electron chi connectivity index (χ1n) is 13.7. The normalized spacial score (nSPS) is 21.3. The van der Waals surface area contributed by atoms with Gasteiger partial charge in [-0.1, -0.05) is 0 Å². The van der Waals surface area contributed by atoms with E-state index in [2.05, 4.69) is 21.6 Å². The van der Waals surface area contributed by atoms with Crippen LogP contribution in [0.5, 0.6) is 0 Å². The lowest BCUT2D eigenvalue weighted by molar-refractivity contribution is 0.00273. The third-order valence-corrected chi connectivity index (χ3v) is 8.34. The van der Waals surface area contributed by atoms with Crippen molar-refractivity contribution in [2.24, 2.45) is 12.8 Å². The van der Waals surface area contributed by atoms with E-state index in [0.717, 1.165) is 60.4 Å². The lowest BCUT2D eigenvalue weighted by Gasteiger charge is -2.33. The number of ether oxygens (including phenoxy) is 1. The molecule has 3 aromatic rings. The Hall–Kier alpha value is -3.47. The number of anilines is 1. The van der Waals surface area contributed by atoms with Crippen LogP contribution >= 0.6 is 0 Å². The molecule has 2 N–H and O–H groups in total. The fraction of sp³-hybridized carbons (Fsp3) is 0.536. The second-order valence-electron chi connectivity index (χ2n) is 11.0. The molecule has 2 aromatic heterocycles. The molecule has 3 aliphatic rings. The van der Waals surface area contributed by atoms with Crippen LogP contribution in [0, 0.1) is 0 Å². The van der Waals surface area contributed by atoms with Gasteiger partial charge in [0.05, 0.1) is 37.1 Å². The number of nitrogens with zero attached hydrogens (tertiary/aromatic N) is 6. The molecule has 1 saturated heterocycles. The third-order valence-electron chi connectivity index (χ3n) is 8.34. The highest BCUT2D eigenvalue weighted by Gasteiger charge is 2.32. The fourth-order valence-corrected chi connectivity index (χ4v) is 6.39. The molecule has 0 aliphatic carbocycles. The molecule has 0 spiro atoms. The van der Waals surface area contributed by atoms with E-state index < -0.39 is 12.5 Å². The highest BCUT2D eigenvalue weighted by molar-refractivity contribution is 5.74. The van der Waals surface area contributed by atoms with E-state index in [9.17, 15) is 13.6 Å². The number of nitrogens with two attached hydrogens (primary N) is 1. The van der Waals surface area contributed by atoms with Gasteiger partial charge in [-0.15, -0.1) is 0 Å². The molecular formula is C28H35F2N7O2. The number of aryl methyl sites for hydroxylation is 2. The van der Waals surface area contributed by atoms with E-state index in [-0.39, 0.29) is 17.7 Å². The standard InChI is InChI=1S/C28H35F2N7O2/c1-17-10-20(6-9-39-17)37-25-5-8-36(28(31)38)15-23(25)24(33-37)16-35-7-3-4-18-11-21(19-13-32-34(2)14-19)22(27(29)30)12-26(18)35/h11-14,17,20,27H,3-10,15-16H2,1-2H3,(H2,31,38)/t17-,20-/m0/s1. The quantitative estimate of drug-likeness (QED) is 0.520. The summed E-state index contributed by atoms with van der Waals surface area (Å²) in [6.45, 7) is 5.00. The van der Waals surface area contributed by atoms with Gasteiger partial charge in [0.2, 0.25) is 0 Å². The number of primary amides is 1. The van der Waals surface area contributed by atoms with Crippen LogP contribution in [-0.2, 0) is 37.7 Å². The van der Waals surface area contributed by atoms with Crippen molar-refractivity contribution in [3.05, 3.63) is 52.6 Å². The monoisotopic (exact) mass is 539 g/mol. The number of carbonyl (C=O) groups excluding carboxylic acids is 1.